The van der Waals surface area contributed by atoms with Gasteiger partial charge in [0.2, 0.25) is 0 Å². The number of benzene rings is 1. The van der Waals surface area contributed by atoms with E-state index in [1.807, 2.05) is 0 Å². The number of hydrogen-bond donors (Lipinski definition) is 1. The summed E-state index contributed by atoms with van der Waals surface area (Å²) in [4.78, 5) is 2.23. The van der Waals surface area contributed by atoms with Gasteiger partial charge in [0.25, 0.3) is 0 Å². The first-order valence-corrected chi connectivity index (χ1v) is 5.53. The van der Waals surface area contributed by atoms with E-state index in [-0.39, 0.29) is 0 Å². The molecule has 0 aliphatic carbocycles. The minimum Gasteiger partial charge on any atom is -0.311 e. The standard InChI is InChI=1S/C13H22N2/c1-11-7-5-6-8-13(11)10-14-9-12(2)15(3)4/h5-8,12,14H,9-10H2,1-4H3. The van der Waals surface area contributed by atoms with Crippen LogP contribution in [0.2, 0.25) is 0 Å². The van der Waals surface area contributed by atoms with Crippen LogP contribution in [0.25, 0.3) is 0 Å². The van der Waals surface area contributed by atoms with Crippen LogP contribution in [-0.2, 0) is 6.54 Å². The molecule has 0 radical (unpaired) electrons. The van der Waals surface area contributed by atoms with E-state index in [1.165, 1.54) is 11.1 Å². The molecule has 15 heavy (non-hydrogen) atoms. The molecule has 0 saturated carbocycles. The van der Waals surface area contributed by atoms with Gasteiger partial charge in [0, 0.05) is 19.1 Å². The number of hydrogen-bond acceptors (Lipinski definition) is 2. The first-order valence-electron chi connectivity index (χ1n) is 5.53. The molecule has 1 aromatic carbocycles. The highest BCUT2D eigenvalue weighted by Gasteiger charge is 2.03. The molecule has 1 aromatic rings. The molecule has 0 aliphatic heterocycles. The van der Waals surface area contributed by atoms with E-state index in [0.29, 0.717) is 6.04 Å². The van der Waals surface area contributed by atoms with Crippen LogP contribution in [-0.4, -0.2) is 31.6 Å². The van der Waals surface area contributed by atoms with Gasteiger partial charge in [-0.15, -0.1) is 0 Å². The van der Waals surface area contributed by atoms with Crippen molar-refractivity contribution in [3.05, 3.63) is 35.4 Å². The number of likely N-dealkylation sites (N-methyl/N-ethyl adjacent to an activating group) is 1. The van der Waals surface area contributed by atoms with E-state index in [2.05, 4.69) is 62.4 Å². The summed E-state index contributed by atoms with van der Waals surface area (Å²) in [6.45, 7) is 6.38. The maximum atomic E-state index is 3.48. The molecule has 2 nitrogen and oxygen atoms in total. The van der Waals surface area contributed by atoms with Crippen molar-refractivity contribution in [1.29, 1.82) is 0 Å². The average Bonchev–Trinajstić information content (AvgIpc) is 2.20. The molecule has 0 saturated heterocycles. The van der Waals surface area contributed by atoms with Crippen molar-refractivity contribution in [3.8, 4) is 0 Å². The molecule has 1 unspecified atom stereocenters. The first-order chi connectivity index (χ1) is 7.11. The van der Waals surface area contributed by atoms with Gasteiger partial charge in [0.15, 0.2) is 0 Å². The molecule has 0 aliphatic rings. The van der Waals surface area contributed by atoms with Crippen LogP contribution in [0.1, 0.15) is 18.1 Å². The maximum absolute atomic E-state index is 3.48. The summed E-state index contributed by atoms with van der Waals surface area (Å²) in [6.07, 6.45) is 0. The summed E-state index contributed by atoms with van der Waals surface area (Å²) >= 11 is 0. The molecule has 0 amide bonds. The third-order valence-electron chi connectivity index (χ3n) is 2.90. The maximum Gasteiger partial charge on any atom is 0.0208 e. The van der Waals surface area contributed by atoms with E-state index in [0.717, 1.165) is 13.1 Å². The molecule has 0 bridgehead atoms. The summed E-state index contributed by atoms with van der Waals surface area (Å²) in [5.74, 6) is 0. The van der Waals surface area contributed by atoms with Crippen molar-refractivity contribution in [2.45, 2.75) is 26.4 Å². The fourth-order valence-electron chi connectivity index (χ4n) is 1.41. The van der Waals surface area contributed by atoms with Crippen molar-refractivity contribution in [2.75, 3.05) is 20.6 Å². The zero-order valence-electron chi connectivity index (χ0n) is 10.2. The molecule has 2 heteroatoms. The zero-order chi connectivity index (χ0) is 11.3. The van der Waals surface area contributed by atoms with E-state index in [1.54, 1.807) is 0 Å². The largest absolute Gasteiger partial charge is 0.311 e. The molecular weight excluding hydrogens is 184 g/mol. The Bertz CT molecular complexity index is 294. The van der Waals surface area contributed by atoms with E-state index < -0.39 is 0 Å². The second-order valence-corrected chi connectivity index (χ2v) is 4.37. The topological polar surface area (TPSA) is 15.3 Å². The highest BCUT2D eigenvalue weighted by molar-refractivity contribution is 5.25. The minimum absolute atomic E-state index is 0.578. The van der Waals surface area contributed by atoms with Crippen LogP contribution in [0.4, 0.5) is 0 Å². The fourth-order valence-corrected chi connectivity index (χ4v) is 1.41. The zero-order valence-corrected chi connectivity index (χ0v) is 10.2. The second-order valence-electron chi connectivity index (χ2n) is 4.37. The Labute approximate surface area is 93.3 Å². The lowest BCUT2D eigenvalue weighted by Crippen LogP contribution is -2.35. The molecule has 84 valence electrons. The molecule has 0 aromatic heterocycles. The summed E-state index contributed by atoms with van der Waals surface area (Å²) < 4.78 is 0. The Hall–Kier alpha value is -0.860. The van der Waals surface area contributed by atoms with Gasteiger partial charge in [-0.1, -0.05) is 24.3 Å². The molecule has 0 fully saturated rings. The SMILES string of the molecule is Cc1ccccc1CNCC(C)N(C)C. The van der Waals surface area contributed by atoms with Crippen molar-refractivity contribution in [1.82, 2.24) is 10.2 Å². The van der Waals surface area contributed by atoms with Crippen LogP contribution in [0, 0.1) is 6.92 Å². The van der Waals surface area contributed by atoms with Gasteiger partial charge in [-0.3, -0.25) is 0 Å². The van der Waals surface area contributed by atoms with Gasteiger partial charge >= 0.3 is 0 Å². The Kier molecular flexibility index (Phi) is 4.79. The number of nitrogens with zero attached hydrogens (tertiary/aromatic N) is 1. The summed E-state index contributed by atoms with van der Waals surface area (Å²) in [6, 6.07) is 9.10. The van der Waals surface area contributed by atoms with Crippen molar-refractivity contribution >= 4 is 0 Å². The van der Waals surface area contributed by atoms with Crippen molar-refractivity contribution in [3.63, 3.8) is 0 Å². The average molecular weight is 206 g/mol. The Morgan fingerprint density at radius 3 is 2.53 bits per heavy atom. The van der Waals surface area contributed by atoms with Gasteiger partial charge < -0.3 is 10.2 Å². The molecule has 0 spiro atoms. The van der Waals surface area contributed by atoms with Crippen LogP contribution >= 0.6 is 0 Å². The molecule has 1 N–H and O–H groups in total. The van der Waals surface area contributed by atoms with E-state index in [4.69, 9.17) is 0 Å². The van der Waals surface area contributed by atoms with Gasteiger partial charge in [0.1, 0.15) is 0 Å². The summed E-state index contributed by atoms with van der Waals surface area (Å²) in [5.41, 5.74) is 2.76. The predicted molar refractivity (Wildman–Crippen MR) is 66.0 cm³/mol. The molecule has 1 rings (SSSR count). The van der Waals surface area contributed by atoms with Crippen LogP contribution < -0.4 is 5.32 Å². The summed E-state index contributed by atoms with van der Waals surface area (Å²) in [7, 11) is 4.22. The van der Waals surface area contributed by atoms with Crippen molar-refractivity contribution < 1.29 is 0 Å². The predicted octanol–water partition coefficient (Wildman–Crippen LogP) is 2.03. The van der Waals surface area contributed by atoms with Crippen molar-refractivity contribution in [2.24, 2.45) is 0 Å². The first kappa shape index (κ1) is 12.2. The Balaban J connectivity index is 2.35. The van der Waals surface area contributed by atoms with Gasteiger partial charge in [-0.2, -0.15) is 0 Å². The van der Waals surface area contributed by atoms with Gasteiger partial charge in [0.05, 0.1) is 0 Å². The number of rotatable bonds is 5. The van der Waals surface area contributed by atoms with Crippen LogP contribution in [0.15, 0.2) is 24.3 Å². The third-order valence-corrected chi connectivity index (χ3v) is 2.90. The van der Waals surface area contributed by atoms with E-state index >= 15 is 0 Å². The Morgan fingerprint density at radius 1 is 1.27 bits per heavy atom. The molecule has 0 heterocycles. The monoisotopic (exact) mass is 206 g/mol. The molecule has 1 atom stereocenters. The van der Waals surface area contributed by atoms with Gasteiger partial charge in [-0.05, 0) is 39.1 Å². The number of nitrogens with one attached hydrogen (secondary N) is 1. The number of aryl methyl sites for hydroxylation is 1. The summed E-state index contributed by atoms with van der Waals surface area (Å²) in [5, 5.41) is 3.48. The fraction of sp³-hybridized carbons (Fsp3) is 0.538. The lowest BCUT2D eigenvalue weighted by molar-refractivity contribution is 0.302. The normalized spacial score (nSPS) is 13.1. The van der Waals surface area contributed by atoms with E-state index in [9.17, 15) is 0 Å². The highest BCUT2D eigenvalue weighted by atomic mass is 15.1. The second kappa shape index (κ2) is 5.89. The highest BCUT2D eigenvalue weighted by Crippen LogP contribution is 2.06. The quantitative estimate of drug-likeness (QED) is 0.793. The molecular formula is C13H22N2. The third kappa shape index (κ3) is 4.02. The lowest BCUT2D eigenvalue weighted by Gasteiger charge is -2.20. The Morgan fingerprint density at radius 2 is 1.93 bits per heavy atom. The smallest absolute Gasteiger partial charge is 0.0208 e. The van der Waals surface area contributed by atoms with Crippen LogP contribution in [0.3, 0.4) is 0 Å². The van der Waals surface area contributed by atoms with Gasteiger partial charge in [-0.25, -0.2) is 0 Å². The lowest BCUT2D eigenvalue weighted by atomic mass is 10.1. The minimum atomic E-state index is 0.578. The van der Waals surface area contributed by atoms with Crippen LogP contribution in [0.5, 0.6) is 0 Å².